The van der Waals surface area contributed by atoms with E-state index in [0.29, 0.717) is 0 Å². The second-order valence-corrected chi connectivity index (χ2v) is 7.81. The zero-order valence-electron chi connectivity index (χ0n) is 17.5. The average Bonchev–Trinajstić information content (AvgIpc) is 2.68. The molecular formula is C25H41NO. The number of allylic oxidation sites excluding steroid dienone is 2. The quantitative estimate of drug-likeness (QED) is 0.233. The topological polar surface area (TPSA) is 43.1 Å². The van der Waals surface area contributed by atoms with E-state index in [1.807, 2.05) is 18.2 Å². The number of rotatable bonds is 17. The molecule has 0 radical (unpaired) electrons. The highest BCUT2D eigenvalue weighted by molar-refractivity contribution is 5.76. The van der Waals surface area contributed by atoms with Crippen molar-refractivity contribution in [3.05, 3.63) is 48.0 Å². The molecule has 1 unspecified atom stereocenters. The van der Waals surface area contributed by atoms with Gasteiger partial charge in [0.05, 0.1) is 0 Å². The number of hydrogen-bond acceptors (Lipinski definition) is 1. The maximum absolute atomic E-state index is 11.7. The van der Waals surface area contributed by atoms with E-state index in [-0.39, 0.29) is 11.8 Å². The van der Waals surface area contributed by atoms with Gasteiger partial charge in [-0.1, -0.05) is 101 Å². The number of nitrogens with two attached hydrogens (primary N) is 1. The van der Waals surface area contributed by atoms with Gasteiger partial charge in [-0.25, -0.2) is 0 Å². The summed E-state index contributed by atoms with van der Waals surface area (Å²) in [7, 11) is 0. The van der Waals surface area contributed by atoms with E-state index >= 15 is 0 Å². The number of carbonyl (C=O) groups excluding carboxylic acids is 1. The third-order valence-corrected chi connectivity index (χ3v) is 5.29. The van der Waals surface area contributed by atoms with Crippen LogP contribution < -0.4 is 5.73 Å². The van der Waals surface area contributed by atoms with E-state index in [1.54, 1.807) is 0 Å². The van der Waals surface area contributed by atoms with E-state index in [2.05, 4.69) is 31.2 Å². The lowest BCUT2D eigenvalue weighted by molar-refractivity contribution is -0.122. The largest absolute Gasteiger partial charge is 0.369 e. The Morgan fingerprint density at radius 2 is 1.41 bits per heavy atom. The second kappa shape index (κ2) is 16.6. The number of carbonyl (C=O) groups is 1. The Morgan fingerprint density at radius 3 is 2.00 bits per heavy atom. The molecule has 152 valence electrons. The molecule has 1 atom stereocenters. The number of unbranched alkanes of at least 4 members (excludes halogenated alkanes) is 10. The van der Waals surface area contributed by atoms with Crippen LogP contribution in [0.3, 0.4) is 0 Å². The molecule has 0 bridgehead atoms. The summed E-state index contributed by atoms with van der Waals surface area (Å²) in [5.74, 6) is -0.180. The highest BCUT2D eigenvalue weighted by Crippen LogP contribution is 2.17. The summed E-state index contributed by atoms with van der Waals surface area (Å²) in [5, 5.41) is 0. The molecule has 0 aliphatic heterocycles. The van der Waals surface area contributed by atoms with Crippen molar-refractivity contribution in [2.75, 3.05) is 0 Å². The molecule has 1 rings (SSSR count). The highest BCUT2D eigenvalue weighted by atomic mass is 16.1. The van der Waals surface area contributed by atoms with E-state index < -0.39 is 0 Å². The molecule has 1 aromatic rings. The van der Waals surface area contributed by atoms with Crippen LogP contribution >= 0.6 is 0 Å². The monoisotopic (exact) mass is 371 g/mol. The Labute approximate surface area is 167 Å². The first-order valence-corrected chi connectivity index (χ1v) is 11.2. The van der Waals surface area contributed by atoms with Gasteiger partial charge in [-0.05, 0) is 44.1 Å². The molecule has 0 saturated heterocycles. The Hall–Kier alpha value is -1.57. The van der Waals surface area contributed by atoms with Crippen molar-refractivity contribution in [3.63, 3.8) is 0 Å². The van der Waals surface area contributed by atoms with Crippen molar-refractivity contribution in [1.82, 2.24) is 0 Å². The van der Waals surface area contributed by atoms with Gasteiger partial charge in [-0.3, -0.25) is 4.79 Å². The van der Waals surface area contributed by atoms with Crippen molar-refractivity contribution in [1.29, 1.82) is 0 Å². The van der Waals surface area contributed by atoms with Crippen LogP contribution in [0.5, 0.6) is 0 Å². The molecule has 2 nitrogen and oxygen atoms in total. The molecular weight excluding hydrogens is 330 g/mol. The van der Waals surface area contributed by atoms with Gasteiger partial charge in [0.1, 0.15) is 0 Å². The van der Waals surface area contributed by atoms with Crippen LogP contribution in [-0.2, 0) is 11.2 Å². The lowest BCUT2D eigenvalue weighted by atomic mass is 9.93. The Kier molecular flexibility index (Phi) is 14.4. The Bertz CT molecular complexity index is 494. The lowest BCUT2D eigenvalue weighted by Crippen LogP contribution is -2.25. The summed E-state index contributed by atoms with van der Waals surface area (Å²) in [6.45, 7) is 2.27. The van der Waals surface area contributed by atoms with Crippen LogP contribution in [0.1, 0.15) is 96.0 Å². The third kappa shape index (κ3) is 13.3. The van der Waals surface area contributed by atoms with Crippen LogP contribution in [-0.4, -0.2) is 5.91 Å². The third-order valence-electron chi connectivity index (χ3n) is 5.29. The smallest absolute Gasteiger partial charge is 0.220 e. The average molecular weight is 372 g/mol. The van der Waals surface area contributed by atoms with Gasteiger partial charge in [-0.2, -0.15) is 0 Å². The molecule has 0 saturated carbocycles. The molecule has 1 aromatic carbocycles. The highest BCUT2D eigenvalue weighted by Gasteiger charge is 2.15. The Balaban J connectivity index is 1.99. The normalized spacial score (nSPS) is 12.5. The summed E-state index contributed by atoms with van der Waals surface area (Å²) in [5.41, 5.74) is 6.80. The van der Waals surface area contributed by atoms with Gasteiger partial charge in [0.2, 0.25) is 5.91 Å². The van der Waals surface area contributed by atoms with E-state index in [0.717, 1.165) is 19.3 Å². The summed E-state index contributed by atoms with van der Waals surface area (Å²) < 4.78 is 0. The molecule has 2 heteroatoms. The fourth-order valence-electron chi connectivity index (χ4n) is 3.53. The minimum absolute atomic E-state index is 0.0235. The van der Waals surface area contributed by atoms with Crippen LogP contribution in [0.2, 0.25) is 0 Å². The molecule has 0 fully saturated rings. The lowest BCUT2D eigenvalue weighted by Gasteiger charge is -2.13. The van der Waals surface area contributed by atoms with Crippen molar-refractivity contribution >= 4 is 5.91 Å². The molecule has 0 heterocycles. The van der Waals surface area contributed by atoms with Gasteiger partial charge in [0.25, 0.3) is 0 Å². The van der Waals surface area contributed by atoms with Crippen molar-refractivity contribution in [2.24, 2.45) is 11.7 Å². The molecule has 0 aliphatic rings. The fraction of sp³-hybridized carbons (Fsp3) is 0.640. The van der Waals surface area contributed by atoms with Gasteiger partial charge in [0.15, 0.2) is 0 Å². The first-order chi connectivity index (χ1) is 13.2. The number of amides is 1. The predicted octanol–water partition coefficient (Wildman–Crippen LogP) is 6.98. The van der Waals surface area contributed by atoms with E-state index in [4.69, 9.17) is 5.73 Å². The van der Waals surface area contributed by atoms with Gasteiger partial charge in [-0.15, -0.1) is 0 Å². The molecule has 2 N–H and O–H groups in total. The molecule has 0 aromatic heterocycles. The van der Waals surface area contributed by atoms with E-state index in [1.165, 1.54) is 76.2 Å². The minimum Gasteiger partial charge on any atom is -0.369 e. The SMILES string of the molecule is CCCCCCCC/C=C\CCCCCCC(Cc1ccccc1)C(N)=O. The molecule has 1 amide bonds. The zero-order valence-corrected chi connectivity index (χ0v) is 17.5. The number of benzene rings is 1. The zero-order chi connectivity index (χ0) is 19.6. The summed E-state index contributed by atoms with van der Waals surface area (Å²) in [6, 6.07) is 10.2. The second-order valence-electron chi connectivity index (χ2n) is 7.81. The summed E-state index contributed by atoms with van der Waals surface area (Å²) >= 11 is 0. The summed E-state index contributed by atoms with van der Waals surface area (Å²) in [4.78, 5) is 11.7. The molecule has 0 aliphatic carbocycles. The first kappa shape index (κ1) is 23.5. The fourth-order valence-corrected chi connectivity index (χ4v) is 3.53. The number of primary amides is 1. The van der Waals surface area contributed by atoms with Crippen LogP contribution in [0.15, 0.2) is 42.5 Å². The van der Waals surface area contributed by atoms with Crippen LogP contribution in [0, 0.1) is 5.92 Å². The predicted molar refractivity (Wildman–Crippen MR) is 118 cm³/mol. The van der Waals surface area contributed by atoms with Gasteiger partial charge in [0, 0.05) is 5.92 Å². The number of hydrogen-bond donors (Lipinski definition) is 1. The molecule has 0 spiro atoms. The first-order valence-electron chi connectivity index (χ1n) is 11.2. The van der Waals surface area contributed by atoms with Crippen molar-refractivity contribution in [2.45, 2.75) is 96.8 Å². The molecule has 27 heavy (non-hydrogen) atoms. The van der Waals surface area contributed by atoms with Gasteiger partial charge >= 0.3 is 0 Å². The van der Waals surface area contributed by atoms with Crippen LogP contribution in [0.25, 0.3) is 0 Å². The van der Waals surface area contributed by atoms with Crippen molar-refractivity contribution < 1.29 is 4.79 Å². The summed E-state index contributed by atoms with van der Waals surface area (Å²) in [6.07, 6.45) is 21.9. The maximum atomic E-state index is 11.7. The maximum Gasteiger partial charge on any atom is 0.220 e. The van der Waals surface area contributed by atoms with Crippen molar-refractivity contribution in [3.8, 4) is 0 Å². The van der Waals surface area contributed by atoms with Gasteiger partial charge < -0.3 is 5.73 Å². The Morgan fingerprint density at radius 1 is 0.852 bits per heavy atom. The van der Waals surface area contributed by atoms with E-state index in [9.17, 15) is 4.79 Å². The standard InChI is InChI=1S/C25H41NO/c1-2-3-4-5-6-7-8-9-10-11-12-13-14-18-21-24(25(26)27)22-23-19-16-15-17-20-23/h9-10,15-17,19-20,24H,2-8,11-14,18,21-22H2,1H3,(H2,26,27)/b10-9-. The minimum atomic E-state index is -0.156. The van der Waals surface area contributed by atoms with Crippen LogP contribution in [0.4, 0.5) is 0 Å².